The van der Waals surface area contributed by atoms with Crippen molar-refractivity contribution in [3.05, 3.63) is 69.8 Å². The molecule has 2 aromatic rings. The Kier molecular flexibility index (Phi) is 14.7. The number of nitro groups is 1. The standard InChI is InChI=1S/C31H39BrN2O11/c1-6-41-27(35)22(32)14-16-26(29(37)42-7-2)44-25-15-13-21(18-24(25)34(39)40)17-23(33-30(38)45-31(3,4)5)28(36)43-19-20-11-9-8-10-12-20/h8-13,15,18,22-23,26H,6-7,14,16-17,19H2,1-5H3,(H,33,38). The summed E-state index contributed by atoms with van der Waals surface area (Å²) in [6.45, 7) is 8.42. The normalized spacial score (nSPS) is 13.0. The van der Waals surface area contributed by atoms with Crippen LogP contribution < -0.4 is 10.1 Å². The molecule has 3 atom stereocenters. The number of amides is 1. The number of halogens is 1. The van der Waals surface area contributed by atoms with Gasteiger partial charge >= 0.3 is 29.7 Å². The Morgan fingerprint density at radius 2 is 1.53 bits per heavy atom. The third kappa shape index (κ3) is 13.1. The molecule has 0 saturated heterocycles. The van der Waals surface area contributed by atoms with Crippen LogP contribution in [0.1, 0.15) is 58.6 Å². The minimum Gasteiger partial charge on any atom is -0.472 e. The molecule has 0 aliphatic heterocycles. The van der Waals surface area contributed by atoms with E-state index in [0.29, 0.717) is 5.56 Å². The number of alkyl carbamates (subject to hydrolysis) is 1. The Morgan fingerprint density at radius 3 is 2.13 bits per heavy atom. The number of carbonyl (C=O) groups excluding carboxylic acids is 4. The van der Waals surface area contributed by atoms with Gasteiger partial charge in [0, 0.05) is 12.5 Å². The summed E-state index contributed by atoms with van der Waals surface area (Å²) in [4.78, 5) is 60.9. The third-order valence-electron chi connectivity index (χ3n) is 5.90. The number of benzene rings is 2. The van der Waals surface area contributed by atoms with Crippen molar-refractivity contribution < 1.29 is 47.8 Å². The summed E-state index contributed by atoms with van der Waals surface area (Å²) in [6.07, 6.45) is -2.21. The number of hydrogen-bond acceptors (Lipinski definition) is 11. The van der Waals surface area contributed by atoms with E-state index in [1.54, 1.807) is 58.9 Å². The predicted molar refractivity (Wildman–Crippen MR) is 166 cm³/mol. The maximum atomic E-state index is 13.1. The fourth-order valence-electron chi connectivity index (χ4n) is 3.90. The van der Waals surface area contributed by atoms with Crippen molar-refractivity contribution in [1.29, 1.82) is 0 Å². The number of rotatable bonds is 16. The van der Waals surface area contributed by atoms with Crippen LogP contribution in [0.4, 0.5) is 10.5 Å². The summed E-state index contributed by atoms with van der Waals surface area (Å²) in [5.41, 5.74) is -0.316. The van der Waals surface area contributed by atoms with Crippen molar-refractivity contribution in [3.63, 3.8) is 0 Å². The van der Waals surface area contributed by atoms with E-state index in [1.807, 2.05) is 6.07 Å². The highest BCUT2D eigenvalue weighted by molar-refractivity contribution is 9.10. The molecule has 1 amide bonds. The van der Waals surface area contributed by atoms with Crippen LogP contribution in [-0.2, 0) is 46.4 Å². The summed E-state index contributed by atoms with van der Waals surface area (Å²) >= 11 is 3.22. The highest BCUT2D eigenvalue weighted by atomic mass is 79.9. The molecule has 0 saturated carbocycles. The lowest BCUT2D eigenvalue weighted by atomic mass is 10.0. The van der Waals surface area contributed by atoms with E-state index in [0.717, 1.165) is 5.56 Å². The molecule has 1 N–H and O–H groups in total. The smallest absolute Gasteiger partial charge is 0.408 e. The fraction of sp³-hybridized carbons (Fsp3) is 0.484. The molecule has 0 aromatic heterocycles. The van der Waals surface area contributed by atoms with Gasteiger partial charge in [-0.2, -0.15) is 0 Å². The van der Waals surface area contributed by atoms with Crippen molar-refractivity contribution in [2.75, 3.05) is 13.2 Å². The van der Waals surface area contributed by atoms with Gasteiger partial charge in [-0.15, -0.1) is 0 Å². The van der Waals surface area contributed by atoms with Gasteiger partial charge in [0.2, 0.25) is 0 Å². The lowest BCUT2D eigenvalue weighted by molar-refractivity contribution is -0.386. The topological polar surface area (TPSA) is 170 Å². The van der Waals surface area contributed by atoms with E-state index >= 15 is 0 Å². The van der Waals surface area contributed by atoms with Crippen molar-refractivity contribution in [2.45, 2.75) is 83.1 Å². The van der Waals surface area contributed by atoms with Crippen molar-refractivity contribution >= 4 is 45.6 Å². The number of nitrogens with zero attached hydrogens (tertiary/aromatic N) is 1. The second kappa shape index (κ2) is 17.9. The molecule has 0 radical (unpaired) electrons. The first kappa shape index (κ1) is 37.0. The van der Waals surface area contributed by atoms with Crippen molar-refractivity contribution in [1.82, 2.24) is 5.32 Å². The molecular weight excluding hydrogens is 656 g/mol. The average Bonchev–Trinajstić information content (AvgIpc) is 2.97. The summed E-state index contributed by atoms with van der Waals surface area (Å²) in [5.74, 6) is -2.29. The highest BCUT2D eigenvalue weighted by Crippen LogP contribution is 2.31. The van der Waals surface area contributed by atoms with Gasteiger partial charge in [-0.05, 0) is 64.7 Å². The quantitative estimate of drug-likeness (QED) is 0.0806. The summed E-state index contributed by atoms with van der Waals surface area (Å²) in [6, 6.07) is 11.6. The average molecular weight is 696 g/mol. The summed E-state index contributed by atoms with van der Waals surface area (Å²) < 4.78 is 26.5. The molecule has 0 fully saturated rings. The maximum absolute atomic E-state index is 13.1. The van der Waals surface area contributed by atoms with E-state index in [4.69, 9.17) is 23.7 Å². The van der Waals surface area contributed by atoms with Gasteiger partial charge in [-0.3, -0.25) is 14.9 Å². The largest absolute Gasteiger partial charge is 0.472 e. The molecule has 0 bridgehead atoms. The minimum absolute atomic E-state index is 0.0123. The van der Waals surface area contributed by atoms with Crippen LogP contribution in [0.25, 0.3) is 0 Å². The molecule has 3 unspecified atom stereocenters. The first-order valence-corrected chi connectivity index (χ1v) is 15.3. The van der Waals surface area contributed by atoms with Crippen LogP contribution in [0, 0.1) is 10.1 Å². The Hall–Kier alpha value is -4.20. The monoisotopic (exact) mass is 694 g/mol. The molecule has 2 rings (SSSR count). The van der Waals surface area contributed by atoms with Crippen LogP contribution in [0.5, 0.6) is 5.75 Å². The second-order valence-corrected chi connectivity index (χ2v) is 11.8. The van der Waals surface area contributed by atoms with Gasteiger partial charge in [0.05, 0.1) is 18.1 Å². The Morgan fingerprint density at radius 1 is 0.889 bits per heavy atom. The Balaban J connectivity index is 2.30. The van der Waals surface area contributed by atoms with Gasteiger partial charge in [0.1, 0.15) is 23.1 Å². The van der Waals surface area contributed by atoms with Crippen molar-refractivity contribution in [2.24, 2.45) is 0 Å². The fourth-order valence-corrected chi connectivity index (χ4v) is 4.30. The van der Waals surface area contributed by atoms with E-state index in [-0.39, 0.29) is 44.8 Å². The Labute approximate surface area is 270 Å². The van der Waals surface area contributed by atoms with E-state index in [1.165, 1.54) is 18.2 Å². The molecule has 0 aliphatic carbocycles. The van der Waals surface area contributed by atoms with E-state index in [9.17, 15) is 29.3 Å². The number of carbonyl (C=O) groups is 4. The van der Waals surface area contributed by atoms with Gasteiger partial charge in [-0.25, -0.2) is 14.4 Å². The summed E-state index contributed by atoms with van der Waals surface area (Å²) in [7, 11) is 0. The Bertz CT molecular complexity index is 1310. The molecule has 13 nitrogen and oxygen atoms in total. The van der Waals surface area contributed by atoms with Gasteiger partial charge in [0.15, 0.2) is 11.9 Å². The first-order chi connectivity index (χ1) is 21.2. The summed E-state index contributed by atoms with van der Waals surface area (Å²) in [5, 5.41) is 14.5. The van der Waals surface area contributed by atoms with Gasteiger partial charge in [-0.1, -0.05) is 52.3 Å². The van der Waals surface area contributed by atoms with Crippen LogP contribution in [0.3, 0.4) is 0 Å². The maximum Gasteiger partial charge on any atom is 0.408 e. The van der Waals surface area contributed by atoms with Gasteiger partial charge < -0.3 is 29.0 Å². The molecule has 14 heteroatoms. The van der Waals surface area contributed by atoms with Crippen LogP contribution >= 0.6 is 15.9 Å². The lowest BCUT2D eigenvalue weighted by Gasteiger charge is -2.23. The van der Waals surface area contributed by atoms with Crippen LogP contribution in [0.2, 0.25) is 0 Å². The molecule has 246 valence electrons. The molecule has 45 heavy (non-hydrogen) atoms. The molecule has 0 heterocycles. The molecule has 0 aliphatic rings. The predicted octanol–water partition coefficient (Wildman–Crippen LogP) is 5.19. The number of hydrogen-bond donors (Lipinski definition) is 1. The number of esters is 3. The number of alkyl halides is 1. The lowest BCUT2D eigenvalue weighted by Crippen LogP contribution is -2.45. The highest BCUT2D eigenvalue weighted by Gasteiger charge is 2.30. The molecule has 0 spiro atoms. The van der Waals surface area contributed by atoms with Gasteiger partial charge in [0.25, 0.3) is 0 Å². The second-order valence-electron chi connectivity index (χ2n) is 10.7. The zero-order chi connectivity index (χ0) is 33.6. The number of nitrogens with one attached hydrogen (secondary N) is 1. The first-order valence-electron chi connectivity index (χ1n) is 14.3. The number of nitro benzene ring substituents is 1. The third-order valence-corrected chi connectivity index (χ3v) is 6.73. The molecular formula is C31H39BrN2O11. The zero-order valence-corrected chi connectivity index (χ0v) is 27.5. The minimum atomic E-state index is -1.27. The number of ether oxygens (including phenoxy) is 5. The van der Waals surface area contributed by atoms with Crippen molar-refractivity contribution in [3.8, 4) is 5.75 Å². The van der Waals surface area contributed by atoms with Crippen LogP contribution in [-0.4, -0.2) is 64.7 Å². The van der Waals surface area contributed by atoms with E-state index < -0.39 is 57.2 Å². The van der Waals surface area contributed by atoms with E-state index in [2.05, 4.69) is 21.2 Å². The zero-order valence-electron chi connectivity index (χ0n) is 25.9. The molecule has 2 aromatic carbocycles. The SMILES string of the molecule is CCOC(=O)C(Br)CCC(Oc1ccc(CC(NC(=O)OC(C)(C)C)C(=O)OCc2ccccc2)cc1[N+](=O)[O-])C(=O)OCC. The van der Waals surface area contributed by atoms with Crippen LogP contribution in [0.15, 0.2) is 48.5 Å².